The second-order valence-electron chi connectivity index (χ2n) is 4.73. The lowest BCUT2D eigenvalue weighted by molar-refractivity contribution is -0.121. The van der Waals surface area contributed by atoms with Crippen molar-refractivity contribution in [3.8, 4) is 0 Å². The van der Waals surface area contributed by atoms with E-state index in [2.05, 4.69) is 10.6 Å². The molecule has 17 heavy (non-hydrogen) atoms. The molecule has 2 rings (SSSR count). The lowest BCUT2D eigenvalue weighted by Crippen LogP contribution is -2.35. The fraction of sp³-hybridized carbons (Fsp3) is 0.727. The van der Waals surface area contributed by atoms with Gasteiger partial charge in [-0.3, -0.25) is 4.79 Å². The van der Waals surface area contributed by atoms with Gasteiger partial charge in [-0.05, 0) is 37.9 Å². The highest BCUT2D eigenvalue weighted by molar-refractivity contribution is 7.94. The lowest BCUT2D eigenvalue weighted by atomic mass is 10.0. The summed E-state index contributed by atoms with van der Waals surface area (Å²) >= 11 is 0. The van der Waals surface area contributed by atoms with Crippen LogP contribution in [0.15, 0.2) is 11.5 Å². The predicted molar refractivity (Wildman–Crippen MR) is 65.1 cm³/mol. The maximum absolute atomic E-state index is 11.6. The van der Waals surface area contributed by atoms with Gasteiger partial charge >= 0.3 is 0 Å². The Labute approximate surface area is 102 Å². The van der Waals surface area contributed by atoms with Crippen molar-refractivity contribution >= 4 is 15.7 Å². The summed E-state index contributed by atoms with van der Waals surface area (Å²) in [5, 5.41) is 7.17. The van der Waals surface area contributed by atoms with Crippen LogP contribution in [0.4, 0.5) is 0 Å². The van der Waals surface area contributed by atoms with Gasteiger partial charge in [0.1, 0.15) is 0 Å². The van der Waals surface area contributed by atoms with E-state index in [9.17, 15) is 13.2 Å². The Hall–Kier alpha value is -0.880. The Morgan fingerprint density at radius 1 is 1.47 bits per heavy atom. The van der Waals surface area contributed by atoms with E-state index in [0.29, 0.717) is 12.3 Å². The van der Waals surface area contributed by atoms with Gasteiger partial charge in [-0.2, -0.15) is 0 Å². The van der Waals surface area contributed by atoms with Gasteiger partial charge in [0.05, 0.1) is 11.8 Å². The van der Waals surface area contributed by atoms with Gasteiger partial charge in [0.25, 0.3) is 0 Å². The summed E-state index contributed by atoms with van der Waals surface area (Å²) in [4.78, 5) is 11.6. The van der Waals surface area contributed by atoms with Crippen molar-refractivity contribution in [2.45, 2.75) is 25.3 Å². The molecular formula is C11H18N2O3S. The first kappa shape index (κ1) is 12.6. The van der Waals surface area contributed by atoms with Crippen LogP contribution < -0.4 is 10.6 Å². The highest BCUT2D eigenvalue weighted by Crippen LogP contribution is 2.14. The third-order valence-electron chi connectivity index (χ3n) is 3.22. The van der Waals surface area contributed by atoms with Crippen LogP contribution in [0.25, 0.3) is 0 Å². The number of sulfone groups is 1. The van der Waals surface area contributed by atoms with Crippen LogP contribution in [0.2, 0.25) is 0 Å². The normalized spacial score (nSPS) is 30.6. The molecule has 5 nitrogen and oxygen atoms in total. The molecule has 0 saturated carbocycles. The van der Waals surface area contributed by atoms with Crippen LogP contribution >= 0.6 is 0 Å². The molecule has 0 aliphatic carbocycles. The molecule has 2 aliphatic heterocycles. The van der Waals surface area contributed by atoms with Gasteiger partial charge in [-0.25, -0.2) is 8.42 Å². The zero-order valence-corrected chi connectivity index (χ0v) is 10.5. The first-order valence-electron chi connectivity index (χ1n) is 5.96. The Bertz CT molecular complexity index is 410. The van der Waals surface area contributed by atoms with Crippen LogP contribution in [0, 0.1) is 5.92 Å². The van der Waals surface area contributed by atoms with Crippen LogP contribution in [0.5, 0.6) is 0 Å². The summed E-state index contributed by atoms with van der Waals surface area (Å²) < 4.78 is 22.3. The summed E-state index contributed by atoms with van der Waals surface area (Å²) in [5.74, 6) is 0.538. The smallest absolute Gasteiger partial charge is 0.220 e. The van der Waals surface area contributed by atoms with Gasteiger partial charge < -0.3 is 10.6 Å². The largest absolute Gasteiger partial charge is 0.349 e. The molecule has 1 saturated heterocycles. The van der Waals surface area contributed by atoms with E-state index in [4.69, 9.17) is 0 Å². The molecule has 2 unspecified atom stereocenters. The number of hydrogen-bond donors (Lipinski definition) is 2. The fourth-order valence-corrected chi connectivity index (χ4v) is 3.48. The molecule has 0 aromatic carbocycles. The molecule has 0 radical (unpaired) electrons. The Morgan fingerprint density at radius 3 is 2.88 bits per heavy atom. The topological polar surface area (TPSA) is 75.3 Å². The molecule has 1 fully saturated rings. The van der Waals surface area contributed by atoms with E-state index in [1.54, 1.807) is 6.08 Å². The average molecular weight is 258 g/mol. The van der Waals surface area contributed by atoms with Gasteiger partial charge in [-0.1, -0.05) is 0 Å². The Morgan fingerprint density at radius 2 is 2.29 bits per heavy atom. The van der Waals surface area contributed by atoms with E-state index >= 15 is 0 Å². The molecule has 6 heteroatoms. The monoisotopic (exact) mass is 258 g/mol. The zero-order valence-electron chi connectivity index (χ0n) is 9.69. The number of rotatable bonds is 4. The number of hydrogen-bond acceptors (Lipinski definition) is 4. The fourth-order valence-electron chi connectivity index (χ4n) is 2.24. The van der Waals surface area contributed by atoms with Crippen molar-refractivity contribution in [3.05, 3.63) is 11.5 Å². The van der Waals surface area contributed by atoms with Gasteiger partial charge in [0.15, 0.2) is 9.84 Å². The number of nitrogens with one attached hydrogen (secondary N) is 2. The SMILES string of the molecule is O=C(CCC1CCNC1)NC1C=CS(=O)(=O)C1. The first-order chi connectivity index (χ1) is 8.05. The molecule has 0 aromatic rings. The minimum absolute atomic E-state index is 0.00369. The standard InChI is InChI=1S/C11H18N2O3S/c14-11(2-1-9-3-5-12-7-9)13-10-4-6-17(15,16)8-10/h4,6,9-10,12H,1-3,5,7-8H2,(H,13,14). The van der Waals surface area contributed by atoms with E-state index in [1.165, 1.54) is 5.41 Å². The molecule has 2 aliphatic rings. The van der Waals surface area contributed by atoms with Crippen LogP contribution in [-0.4, -0.2) is 39.2 Å². The quantitative estimate of drug-likeness (QED) is 0.732. The molecular weight excluding hydrogens is 240 g/mol. The van der Waals surface area contributed by atoms with Crippen LogP contribution in [0.3, 0.4) is 0 Å². The van der Waals surface area contributed by atoms with Crippen molar-refractivity contribution in [1.82, 2.24) is 10.6 Å². The highest BCUT2D eigenvalue weighted by atomic mass is 32.2. The van der Waals surface area contributed by atoms with Gasteiger partial charge in [-0.15, -0.1) is 0 Å². The van der Waals surface area contributed by atoms with E-state index in [0.717, 1.165) is 25.9 Å². The third-order valence-corrected chi connectivity index (χ3v) is 4.61. The predicted octanol–water partition coefficient (Wildman–Crippen LogP) is -0.197. The Kier molecular flexibility index (Phi) is 3.83. The maximum Gasteiger partial charge on any atom is 0.220 e. The number of carbonyl (C=O) groups excluding carboxylic acids is 1. The molecule has 0 spiro atoms. The number of carbonyl (C=O) groups is 1. The molecule has 96 valence electrons. The third kappa shape index (κ3) is 3.81. The molecule has 1 amide bonds. The zero-order chi connectivity index (χ0) is 12.3. The molecule has 2 atom stereocenters. The minimum atomic E-state index is -3.08. The van der Waals surface area contributed by atoms with Gasteiger partial charge in [0, 0.05) is 11.8 Å². The van der Waals surface area contributed by atoms with E-state index in [1.807, 2.05) is 0 Å². The van der Waals surface area contributed by atoms with E-state index in [-0.39, 0.29) is 17.7 Å². The second-order valence-corrected chi connectivity index (χ2v) is 6.66. The number of amides is 1. The average Bonchev–Trinajstić information content (AvgIpc) is 2.85. The van der Waals surface area contributed by atoms with Crippen LogP contribution in [-0.2, 0) is 14.6 Å². The van der Waals surface area contributed by atoms with Crippen LogP contribution in [0.1, 0.15) is 19.3 Å². The van der Waals surface area contributed by atoms with Crippen molar-refractivity contribution < 1.29 is 13.2 Å². The summed E-state index contributed by atoms with van der Waals surface area (Å²) in [6.07, 6.45) is 4.04. The van der Waals surface area contributed by atoms with Gasteiger partial charge in [0.2, 0.25) is 5.91 Å². The maximum atomic E-state index is 11.6. The molecule has 2 heterocycles. The lowest BCUT2D eigenvalue weighted by Gasteiger charge is -2.11. The Balaban J connectivity index is 1.69. The summed E-state index contributed by atoms with van der Waals surface area (Å²) in [5.41, 5.74) is 0. The molecule has 0 bridgehead atoms. The first-order valence-corrected chi connectivity index (χ1v) is 7.68. The molecule has 0 aromatic heterocycles. The highest BCUT2D eigenvalue weighted by Gasteiger charge is 2.23. The minimum Gasteiger partial charge on any atom is -0.349 e. The summed E-state index contributed by atoms with van der Waals surface area (Å²) in [7, 11) is -3.08. The summed E-state index contributed by atoms with van der Waals surface area (Å²) in [6, 6.07) is -0.339. The van der Waals surface area contributed by atoms with Crippen molar-refractivity contribution in [2.75, 3.05) is 18.8 Å². The second kappa shape index (κ2) is 5.18. The summed E-state index contributed by atoms with van der Waals surface area (Å²) in [6.45, 7) is 2.03. The molecule has 2 N–H and O–H groups in total. The van der Waals surface area contributed by atoms with E-state index < -0.39 is 9.84 Å². The van der Waals surface area contributed by atoms with Crippen molar-refractivity contribution in [2.24, 2.45) is 5.92 Å². The van der Waals surface area contributed by atoms with Crippen molar-refractivity contribution in [1.29, 1.82) is 0 Å². The van der Waals surface area contributed by atoms with Crippen molar-refractivity contribution in [3.63, 3.8) is 0 Å².